The Bertz CT molecular complexity index is 912. The van der Waals surface area contributed by atoms with E-state index in [1.54, 1.807) is 0 Å². The normalized spacial score (nSPS) is 24.0. The first-order valence-electron chi connectivity index (χ1n) is 9.76. The van der Waals surface area contributed by atoms with Gasteiger partial charge in [-0.15, -0.1) is 11.1 Å². The van der Waals surface area contributed by atoms with Crippen molar-refractivity contribution in [2.24, 2.45) is 0 Å². The predicted octanol–water partition coefficient (Wildman–Crippen LogP) is 6.05. The number of hydrogen-bond acceptors (Lipinski definition) is 2. The van der Waals surface area contributed by atoms with E-state index in [-0.39, 0.29) is 17.1 Å². The van der Waals surface area contributed by atoms with Gasteiger partial charge >= 0.3 is 17.1 Å². The minimum absolute atomic E-state index is 0. The summed E-state index contributed by atoms with van der Waals surface area (Å²) in [7, 11) is 0. The van der Waals surface area contributed by atoms with Crippen LogP contribution in [0, 0.1) is 0 Å². The summed E-state index contributed by atoms with van der Waals surface area (Å²) in [4.78, 5) is 12.8. The Labute approximate surface area is 182 Å². The van der Waals surface area contributed by atoms with Crippen LogP contribution in [0.15, 0.2) is 109 Å². The molecule has 29 heavy (non-hydrogen) atoms. The Morgan fingerprint density at radius 2 is 0.966 bits per heavy atom. The molecule has 4 aromatic rings. The van der Waals surface area contributed by atoms with Gasteiger partial charge in [-0.1, -0.05) is 60.7 Å². The molecular formula is C26H22FeO2. The minimum atomic E-state index is -0.602. The maximum Gasteiger partial charge on any atom is 2.00 e. The molecule has 0 aliphatic carbocycles. The summed E-state index contributed by atoms with van der Waals surface area (Å²) in [5.41, 5.74) is 3.28. The first kappa shape index (κ1) is 19.9. The number of benzene rings is 2. The van der Waals surface area contributed by atoms with E-state index < -0.39 is 11.2 Å². The third kappa shape index (κ3) is 3.31. The Hall–Kier alpha value is -2.42. The van der Waals surface area contributed by atoms with E-state index in [1.807, 2.05) is 12.1 Å². The zero-order valence-corrected chi connectivity index (χ0v) is 17.1. The molecule has 0 spiro atoms. The van der Waals surface area contributed by atoms with Crippen molar-refractivity contribution in [1.29, 1.82) is 0 Å². The molecule has 0 bridgehead atoms. The quantitative estimate of drug-likeness (QED) is 0.226. The largest absolute Gasteiger partial charge is 2.00 e. The van der Waals surface area contributed by atoms with Crippen LogP contribution < -0.4 is 0 Å². The Morgan fingerprint density at radius 1 is 0.552 bits per heavy atom. The van der Waals surface area contributed by atoms with Crippen LogP contribution in [0.25, 0.3) is 0 Å². The van der Waals surface area contributed by atoms with Crippen molar-refractivity contribution in [3.63, 3.8) is 0 Å². The van der Waals surface area contributed by atoms with Gasteiger partial charge in [0.2, 0.25) is 0 Å². The zero-order valence-electron chi connectivity index (χ0n) is 16.0. The van der Waals surface area contributed by atoms with Gasteiger partial charge in [-0.05, 0) is 24.0 Å². The van der Waals surface area contributed by atoms with Crippen LogP contribution in [-0.2, 0) is 38.0 Å². The molecule has 3 heteroatoms. The summed E-state index contributed by atoms with van der Waals surface area (Å²) in [6.07, 6.45) is 1.64. The molecular weight excluding hydrogens is 400 g/mol. The molecule has 2 unspecified atom stereocenters. The fourth-order valence-corrected chi connectivity index (χ4v) is 4.38. The van der Waals surface area contributed by atoms with E-state index in [9.17, 15) is 0 Å². The molecule has 4 aromatic carbocycles. The van der Waals surface area contributed by atoms with Crippen LogP contribution in [0.2, 0.25) is 0 Å². The molecule has 1 aliphatic rings. The molecule has 1 aliphatic heterocycles. The topological polar surface area (TPSA) is 18.5 Å². The van der Waals surface area contributed by atoms with Crippen LogP contribution in [0.5, 0.6) is 0 Å². The van der Waals surface area contributed by atoms with Crippen LogP contribution >= 0.6 is 0 Å². The fraction of sp³-hybridized carbons (Fsp3) is 0.154. The van der Waals surface area contributed by atoms with Crippen molar-refractivity contribution in [2.45, 2.75) is 24.0 Å². The molecule has 2 nitrogen and oxygen atoms in total. The minimum Gasteiger partial charge on any atom is -0.221 e. The van der Waals surface area contributed by atoms with E-state index >= 15 is 0 Å². The van der Waals surface area contributed by atoms with Crippen LogP contribution in [0.3, 0.4) is 0 Å². The molecule has 1 saturated heterocycles. The fourth-order valence-electron chi connectivity index (χ4n) is 4.38. The van der Waals surface area contributed by atoms with Crippen LogP contribution in [-0.4, -0.2) is 0 Å². The van der Waals surface area contributed by atoms with Gasteiger partial charge in [-0.3, -0.25) is 0 Å². The molecule has 0 radical (unpaired) electrons. The van der Waals surface area contributed by atoms with E-state index in [2.05, 4.69) is 97.1 Å². The van der Waals surface area contributed by atoms with Gasteiger partial charge in [0, 0.05) is 0 Å². The van der Waals surface area contributed by atoms with Gasteiger partial charge in [0.1, 0.15) is 11.2 Å². The Balaban J connectivity index is 0.00000205. The van der Waals surface area contributed by atoms with Crippen LogP contribution in [0.1, 0.15) is 35.1 Å². The molecule has 1 heterocycles. The Kier molecular flexibility index (Phi) is 5.58. The first-order chi connectivity index (χ1) is 13.8. The second-order valence-electron chi connectivity index (χ2n) is 7.40. The van der Waals surface area contributed by atoms with Gasteiger partial charge in [-0.2, -0.15) is 24.3 Å². The van der Waals surface area contributed by atoms with Gasteiger partial charge in [-0.25, -0.2) is 34.0 Å². The van der Waals surface area contributed by atoms with Gasteiger partial charge < -0.3 is 0 Å². The molecule has 146 valence electrons. The summed E-state index contributed by atoms with van der Waals surface area (Å²) in [6, 6.07) is 37.5. The molecule has 5 rings (SSSR count). The predicted molar refractivity (Wildman–Crippen MR) is 110 cm³/mol. The van der Waals surface area contributed by atoms with Crippen molar-refractivity contribution in [1.82, 2.24) is 0 Å². The Morgan fingerprint density at radius 3 is 1.28 bits per heavy atom. The third-order valence-corrected chi connectivity index (χ3v) is 5.89. The van der Waals surface area contributed by atoms with Gasteiger partial charge in [0.05, 0.1) is 0 Å². The van der Waals surface area contributed by atoms with Crippen LogP contribution in [0.4, 0.5) is 0 Å². The van der Waals surface area contributed by atoms with E-state index in [0.717, 1.165) is 35.1 Å². The van der Waals surface area contributed by atoms with Crippen molar-refractivity contribution in [3.8, 4) is 0 Å². The standard InChI is InChI=1S/C26H22O2.Fe/c1-3-11-21(12-4-1)25(23-15-7-8-16-23)19-20-26(28-27-25,24-17-9-10-18-24)22-13-5-2-6-14-22;/h1-18H,19-20H2;/q-2;+2. The zero-order chi connectivity index (χ0) is 18.9. The summed E-state index contributed by atoms with van der Waals surface area (Å²) in [5.74, 6) is 0. The molecule has 0 saturated carbocycles. The number of rotatable bonds is 4. The average Bonchev–Trinajstić information content (AvgIpc) is 3.50. The van der Waals surface area contributed by atoms with Gasteiger partial charge in [0.25, 0.3) is 0 Å². The van der Waals surface area contributed by atoms with E-state index in [0.29, 0.717) is 0 Å². The van der Waals surface area contributed by atoms with Gasteiger partial charge in [0.15, 0.2) is 0 Å². The molecule has 0 aromatic heterocycles. The first-order valence-corrected chi connectivity index (χ1v) is 9.76. The molecule has 0 amide bonds. The SMILES string of the molecule is [Fe+2].c1ccc(C2(c3ccc[cH-]3)CCC(c3ccccc3)(c3ccc[cH-]3)OO2)cc1. The van der Waals surface area contributed by atoms with Crippen molar-refractivity contribution >= 4 is 0 Å². The monoisotopic (exact) mass is 422 g/mol. The molecule has 0 N–H and O–H groups in total. The average molecular weight is 422 g/mol. The summed E-state index contributed by atoms with van der Waals surface area (Å²) >= 11 is 0. The van der Waals surface area contributed by atoms with Crippen molar-refractivity contribution in [2.75, 3.05) is 0 Å². The molecule has 1 fully saturated rings. The number of hydrogen-bond donors (Lipinski definition) is 0. The second kappa shape index (κ2) is 8.14. The smallest absolute Gasteiger partial charge is 0.221 e. The van der Waals surface area contributed by atoms with Crippen molar-refractivity contribution in [3.05, 3.63) is 131 Å². The summed E-state index contributed by atoms with van der Waals surface area (Å²) in [6.45, 7) is 0. The maximum absolute atomic E-state index is 6.39. The summed E-state index contributed by atoms with van der Waals surface area (Å²) in [5, 5.41) is 0. The van der Waals surface area contributed by atoms with Crippen molar-refractivity contribution < 1.29 is 26.8 Å². The van der Waals surface area contributed by atoms with E-state index in [1.165, 1.54) is 0 Å². The second-order valence-corrected chi connectivity index (χ2v) is 7.40. The third-order valence-electron chi connectivity index (χ3n) is 5.89. The van der Waals surface area contributed by atoms with E-state index in [4.69, 9.17) is 9.78 Å². The maximum atomic E-state index is 6.39. The molecule has 2 atom stereocenters. The summed E-state index contributed by atoms with van der Waals surface area (Å²) < 4.78 is 0.